The van der Waals surface area contributed by atoms with Gasteiger partial charge in [-0.2, -0.15) is 0 Å². The van der Waals surface area contributed by atoms with Gasteiger partial charge < -0.3 is 5.11 Å². The highest BCUT2D eigenvalue weighted by molar-refractivity contribution is 7.10. The van der Waals surface area contributed by atoms with Crippen molar-refractivity contribution >= 4 is 11.3 Å². The van der Waals surface area contributed by atoms with Gasteiger partial charge in [0.2, 0.25) is 0 Å². The predicted octanol–water partition coefficient (Wildman–Crippen LogP) is 2.40. The maximum atomic E-state index is 9.32. The number of nitrogens with zero attached hydrogens (tertiary/aromatic N) is 1. The number of aryl methyl sites for hydroxylation is 1. The molecule has 0 bridgehead atoms. The highest BCUT2D eigenvalue weighted by atomic mass is 32.1. The standard InChI is InChI=1S/C12H19NOS/c1-10-5-7-15-12(10)8-13-6-3-2-4-11(13)9-14/h5,7,11,14H,2-4,6,8-9H2,1H3/t11-/m0/s1. The molecule has 0 radical (unpaired) electrons. The molecule has 0 aromatic carbocycles. The highest BCUT2D eigenvalue weighted by Gasteiger charge is 2.22. The van der Waals surface area contributed by atoms with Crippen LogP contribution in [0.25, 0.3) is 0 Å². The van der Waals surface area contributed by atoms with E-state index in [2.05, 4.69) is 23.3 Å². The normalized spacial score (nSPS) is 23.2. The molecule has 0 spiro atoms. The van der Waals surface area contributed by atoms with Crippen molar-refractivity contribution < 1.29 is 5.11 Å². The first-order valence-corrected chi connectivity index (χ1v) is 6.57. The average Bonchev–Trinajstić information content (AvgIpc) is 2.65. The van der Waals surface area contributed by atoms with E-state index in [0.717, 1.165) is 19.5 Å². The van der Waals surface area contributed by atoms with Gasteiger partial charge >= 0.3 is 0 Å². The number of piperidine rings is 1. The molecule has 15 heavy (non-hydrogen) atoms. The van der Waals surface area contributed by atoms with Gasteiger partial charge in [-0.3, -0.25) is 4.90 Å². The van der Waals surface area contributed by atoms with E-state index in [9.17, 15) is 5.11 Å². The molecule has 1 aliphatic rings. The molecule has 0 amide bonds. The molecule has 1 aliphatic heterocycles. The summed E-state index contributed by atoms with van der Waals surface area (Å²) in [6.45, 7) is 4.64. The van der Waals surface area contributed by atoms with E-state index in [1.807, 2.05) is 11.3 Å². The van der Waals surface area contributed by atoms with Crippen LogP contribution in [0.5, 0.6) is 0 Å². The van der Waals surface area contributed by atoms with E-state index in [-0.39, 0.29) is 0 Å². The first kappa shape index (κ1) is 11.1. The van der Waals surface area contributed by atoms with Crippen LogP contribution in [0.15, 0.2) is 11.4 Å². The molecular formula is C12H19NOS. The van der Waals surface area contributed by atoms with Crippen molar-refractivity contribution in [3.05, 3.63) is 21.9 Å². The largest absolute Gasteiger partial charge is 0.395 e. The van der Waals surface area contributed by atoms with Gasteiger partial charge in [0, 0.05) is 17.5 Å². The smallest absolute Gasteiger partial charge is 0.0587 e. The second kappa shape index (κ2) is 5.10. The fourth-order valence-electron chi connectivity index (χ4n) is 2.23. The Hall–Kier alpha value is -0.380. The molecule has 1 saturated heterocycles. The summed E-state index contributed by atoms with van der Waals surface area (Å²) in [7, 11) is 0. The lowest BCUT2D eigenvalue weighted by atomic mass is 10.0. The second-order valence-corrected chi connectivity index (χ2v) is 5.33. The molecule has 1 aromatic heterocycles. The van der Waals surface area contributed by atoms with E-state index in [0.29, 0.717) is 12.6 Å². The molecule has 1 N–H and O–H groups in total. The summed E-state index contributed by atoms with van der Waals surface area (Å²) in [5, 5.41) is 11.5. The Balaban J connectivity index is 2.00. The van der Waals surface area contributed by atoms with Gasteiger partial charge in [-0.25, -0.2) is 0 Å². The molecule has 1 atom stereocenters. The minimum Gasteiger partial charge on any atom is -0.395 e. The van der Waals surface area contributed by atoms with Crippen LogP contribution < -0.4 is 0 Å². The molecule has 2 heterocycles. The zero-order valence-electron chi connectivity index (χ0n) is 9.28. The van der Waals surface area contributed by atoms with Crippen molar-refractivity contribution in [3.8, 4) is 0 Å². The summed E-state index contributed by atoms with van der Waals surface area (Å²) < 4.78 is 0. The number of hydrogen-bond acceptors (Lipinski definition) is 3. The zero-order valence-corrected chi connectivity index (χ0v) is 10.1. The first-order chi connectivity index (χ1) is 7.31. The molecule has 84 valence electrons. The van der Waals surface area contributed by atoms with Gasteiger partial charge in [-0.15, -0.1) is 11.3 Å². The summed E-state index contributed by atoms with van der Waals surface area (Å²) in [4.78, 5) is 3.89. The number of likely N-dealkylation sites (tertiary alicyclic amines) is 1. The third-order valence-corrected chi connectivity index (χ3v) is 4.28. The molecule has 2 rings (SSSR count). The van der Waals surface area contributed by atoms with Crippen LogP contribution in [0.3, 0.4) is 0 Å². The van der Waals surface area contributed by atoms with E-state index < -0.39 is 0 Å². The lowest BCUT2D eigenvalue weighted by molar-refractivity contribution is 0.0848. The fraction of sp³-hybridized carbons (Fsp3) is 0.667. The van der Waals surface area contributed by atoms with Crippen molar-refractivity contribution in [1.82, 2.24) is 4.90 Å². The third kappa shape index (κ3) is 2.60. The number of thiophene rings is 1. The minimum atomic E-state index is 0.310. The summed E-state index contributed by atoms with van der Waals surface area (Å²) in [5.41, 5.74) is 1.39. The van der Waals surface area contributed by atoms with Gasteiger partial charge in [0.15, 0.2) is 0 Å². The first-order valence-electron chi connectivity index (χ1n) is 5.69. The number of aliphatic hydroxyl groups is 1. The summed E-state index contributed by atoms with van der Waals surface area (Å²) in [5.74, 6) is 0. The number of hydrogen-bond donors (Lipinski definition) is 1. The zero-order chi connectivity index (χ0) is 10.7. The van der Waals surface area contributed by atoms with Crippen LogP contribution in [0.1, 0.15) is 29.7 Å². The topological polar surface area (TPSA) is 23.5 Å². The minimum absolute atomic E-state index is 0.310. The van der Waals surface area contributed by atoms with Gasteiger partial charge in [0.25, 0.3) is 0 Å². The van der Waals surface area contributed by atoms with Crippen molar-refractivity contribution in [3.63, 3.8) is 0 Å². The second-order valence-electron chi connectivity index (χ2n) is 4.33. The van der Waals surface area contributed by atoms with Gasteiger partial charge in [-0.1, -0.05) is 6.42 Å². The Morgan fingerprint density at radius 3 is 3.07 bits per heavy atom. The Morgan fingerprint density at radius 1 is 1.53 bits per heavy atom. The van der Waals surface area contributed by atoms with Crippen LogP contribution in [0, 0.1) is 6.92 Å². The summed E-state index contributed by atoms with van der Waals surface area (Å²) in [6, 6.07) is 2.57. The quantitative estimate of drug-likeness (QED) is 0.854. The van der Waals surface area contributed by atoms with Gasteiger partial charge in [0.05, 0.1) is 6.61 Å². The lowest BCUT2D eigenvalue weighted by Crippen LogP contribution is -2.41. The molecule has 3 heteroatoms. The third-order valence-electron chi connectivity index (χ3n) is 3.27. The van der Waals surface area contributed by atoms with Crippen LogP contribution in [-0.4, -0.2) is 29.2 Å². The molecule has 0 saturated carbocycles. The van der Waals surface area contributed by atoms with E-state index in [1.54, 1.807) is 0 Å². The van der Waals surface area contributed by atoms with Crippen LogP contribution in [0.4, 0.5) is 0 Å². The monoisotopic (exact) mass is 225 g/mol. The molecule has 1 fully saturated rings. The van der Waals surface area contributed by atoms with Crippen LogP contribution in [-0.2, 0) is 6.54 Å². The van der Waals surface area contributed by atoms with Crippen molar-refractivity contribution in [2.75, 3.05) is 13.2 Å². The van der Waals surface area contributed by atoms with Crippen LogP contribution in [0.2, 0.25) is 0 Å². The predicted molar refractivity (Wildman–Crippen MR) is 64.2 cm³/mol. The number of aliphatic hydroxyl groups excluding tert-OH is 1. The molecule has 2 nitrogen and oxygen atoms in total. The maximum Gasteiger partial charge on any atom is 0.0587 e. The van der Waals surface area contributed by atoms with E-state index >= 15 is 0 Å². The Bertz CT molecular complexity index is 310. The maximum absolute atomic E-state index is 9.32. The molecule has 0 unspecified atom stereocenters. The summed E-state index contributed by atoms with van der Waals surface area (Å²) >= 11 is 1.83. The highest BCUT2D eigenvalue weighted by Crippen LogP contribution is 2.23. The molecule has 1 aromatic rings. The number of rotatable bonds is 3. The van der Waals surface area contributed by atoms with Crippen LogP contribution >= 0.6 is 11.3 Å². The van der Waals surface area contributed by atoms with Crippen molar-refractivity contribution in [1.29, 1.82) is 0 Å². The van der Waals surface area contributed by atoms with Crippen molar-refractivity contribution in [2.24, 2.45) is 0 Å². The summed E-state index contributed by atoms with van der Waals surface area (Å²) in [6.07, 6.45) is 3.70. The van der Waals surface area contributed by atoms with Gasteiger partial charge in [-0.05, 0) is 43.3 Å². The molecule has 0 aliphatic carbocycles. The Morgan fingerprint density at radius 2 is 2.40 bits per heavy atom. The van der Waals surface area contributed by atoms with Gasteiger partial charge in [0.1, 0.15) is 0 Å². The van der Waals surface area contributed by atoms with E-state index in [4.69, 9.17) is 0 Å². The fourth-order valence-corrected chi connectivity index (χ4v) is 3.16. The average molecular weight is 225 g/mol. The SMILES string of the molecule is Cc1ccsc1CN1CCCC[C@H]1CO. The van der Waals surface area contributed by atoms with E-state index in [1.165, 1.54) is 23.3 Å². The molecular weight excluding hydrogens is 206 g/mol. The Labute approximate surface area is 95.5 Å². The lowest BCUT2D eigenvalue weighted by Gasteiger charge is -2.34. The van der Waals surface area contributed by atoms with Crippen molar-refractivity contribution in [2.45, 2.75) is 38.8 Å². The Kier molecular flexibility index (Phi) is 3.78.